The van der Waals surface area contributed by atoms with Crippen LogP contribution < -0.4 is 5.32 Å². The van der Waals surface area contributed by atoms with E-state index in [9.17, 15) is 4.79 Å². The van der Waals surface area contributed by atoms with Gasteiger partial charge in [-0.25, -0.2) is 0 Å². The average molecular weight is 288 g/mol. The zero-order valence-corrected chi connectivity index (χ0v) is 13.6. The lowest BCUT2D eigenvalue weighted by atomic mass is 9.95. The highest BCUT2D eigenvalue weighted by molar-refractivity contribution is 5.77. The smallest absolute Gasteiger partial charge is 0.223 e. The number of amides is 1. The number of rotatable bonds is 6. The Morgan fingerprint density at radius 2 is 2.10 bits per heavy atom. The number of likely N-dealkylation sites (N-methyl/N-ethyl adjacent to an activating group) is 1. The number of hydrogen-bond acceptors (Lipinski definition) is 2. The maximum atomic E-state index is 12.5. The Morgan fingerprint density at radius 1 is 1.38 bits per heavy atom. The van der Waals surface area contributed by atoms with E-state index in [0.717, 1.165) is 32.4 Å². The van der Waals surface area contributed by atoms with E-state index in [2.05, 4.69) is 48.3 Å². The molecule has 1 aliphatic rings. The van der Waals surface area contributed by atoms with Crippen LogP contribution in [0.5, 0.6) is 0 Å². The van der Waals surface area contributed by atoms with Crippen LogP contribution in [0.1, 0.15) is 50.2 Å². The van der Waals surface area contributed by atoms with Crippen LogP contribution in [0.2, 0.25) is 0 Å². The van der Waals surface area contributed by atoms with Crippen LogP contribution in [-0.4, -0.2) is 37.0 Å². The summed E-state index contributed by atoms with van der Waals surface area (Å²) in [6, 6.07) is 9.08. The molecular formula is C18H28N2O. The minimum absolute atomic E-state index is 0.291. The van der Waals surface area contributed by atoms with Crippen LogP contribution in [0.15, 0.2) is 24.3 Å². The predicted molar refractivity (Wildman–Crippen MR) is 87.5 cm³/mol. The van der Waals surface area contributed by atoms with Crippen molar-refractivity contribution in [2.24, 2.45) is 0 Å². The molecule has 1 aromatic rings. The van der Waals surface area contributed by atoms with Crippen molar-refractivity contribution >= 4 is 5.91 Å². The van der Waals surface area contributed by atoms with Crippen LogP contribution in [0.4, 0.5) is 0 Å². The molecule has 21 heavy (non-hydrogen) atoms. The fourth-order valence-corrected chi connectivity index (χ4v) is 3.19. The molecule has 0 radical (unpaired) electrons. The molecule has 3 nitrogen and oxygen atoms in total. The van der Waals surface area contributed by atoms with Gasteiger partial charge in [-0.1, -0.05) is 38.1 Å². The van der Waals surface area contributed by atoms with Crippen molar-refractivity contribution in [3.8, 4) is 0 Å². The molecule has 1 aromatic carbocycles. The molecule has 2 rings (SSSR count). The normalized spacial score (nSPS) is 19.8. The molecule has 1 amide bonds. The van der Waals surface area contributed by atoms with E-state index in [1.54, 1.807) is 0 Å². The first-order chi connectivity index (χ1) is 10.2. The second-order valence-electron chi connectivity index (χ2n) is 6.14. The second-order valence-corrected chi connectivity index (χ2v) is 6.14. The van der Waals surface area contributed by atoms with Crippen molar-refractivity contribution in [3.05, 3.63) is 35.4 Å². The molecule has 0 aliphatic carbocycles. The van der Waals surface area contributed by atoms with Gasteiger partial charge in [-0.05, 0) is 43.4 Å². The monoisotopic (exact) mass is 288 g/mol. The minimum Gasteiger partial charge on any atom is -0.338 e. The van der Waals surface area contributed by atoms with E-state index in [4.69, 9.17) is 0 Å². The number of carbonyl (C=O) groups is 1. The van der Waals surface area contributed by atoms with Gasteiger partial charge in [-0.15, -0.1) is 0 Å². The average Bonchev–Trinajstić information content (AvgIpc) is 2.96. The lowest BCUT2D eigenvalue weighted by Crippen LogP contribution is -2.41. The number of nitrogens with zero attached hydrogens (tertiary/aromatic N) is 1. The number of benzene rings is 1. The first kappa shape index (κ1) is 16.0. The Balaban J connectivity index is 1.94. The number of nitrogens with one attached hydrogen (secondary N) is 1. The van der Waals surface area contributed by atoms with Crippen molar-refractivity contribution in [2.45, 2.75) is 51.5 Å². The Kier molecular flexibility index (Phi) is 5.80. The standard InChI is InChI=1S/C18H28N2O/c1-4-15-7-9-16(10-8-15)14(2)12-18(21)20-11-5-6-17(20)13-19-3/h7-10,14,17,19H,4-6,11-13H2,1-3H3. The van der Waals surface area contributed by atoms with E-state index in [1.165, 1.54) is 11.1 Å². The Hall–Kier alpha value is -1.35. The van der Waals surface area contributed by atoms with Crippen molar-refractivity contribution < 1.29 is 4.79 Å². The summed E-state index contributed by atoms with van der Waals surface area (Å²) in [5.41, 5.74) is 2.62. The summed E-state index contributed by atoms with van der Waals surface area (Å²) in [7, 11) is 1.96. The lowest BCUT2D eigenvalue weighted by molar-refractivity contribution is -0.132. The molecule has 1 heterocycles. The van der Waals surface area contributed by atoms with Gasteiger partial charge in [0.25, 0.3) is 0 Å². The van der Waals surface area contributed by atoms with Gasteiger partial charge in [0.05, 0.1) is 0 Å². The molecule has 3 heteroatoms. The van der Waals surface area contributed by atoms with Gasteiger partial charge < -0.3 is 10.2 Å². The molecule has 1 aliphatic heterocycles. The van der Waals surface area contributed by atoms with Crippen LogP contribution in [0.3, 0.4) is 0 Å². The fraction of sp³-hybridized carbons (Fsp3) is 0.611. The third-order valence-electron chi connectivity index (χ3n) is 4.58. The molecule has 116 valence electrons. The quantitative estimate of drug-likeness (QED) is 0.873. The van der Waals surface area contributed by atoms with Gasteiger partial charge >= 0.3 is 0 Å². The van der Waals surface area contributed by atoms with E-state index in [-0.39, 0.29) is 0 Å². The summed E-state index contributed by atoms with van der Waals surface area (Å²) in [5, 5.41) is 3.20. The van der Waals surface area contributed by atoms with Crippen molar-refractivity contribution in [1.82, 2.24) is 10.2 Å². The summed E-state index contributed by atoms with van der Waals surface area (Å²) < 4.78 is 0. The summed E-state index contributed by atoms with van der Waals surface area (Å²) in [4.78, 5) is 14.6. The molecule has 1 N–H and O–H groups in total. The number of aryl methyl sites for hydroxylation is 1. The van der Waals surface area contributed by atoms with Gasteiger partial charge in [0.2, 0.25) is 5.91 Å². The Bertz CT molecular complexity index is 455. The van der Waals surface area contributed by atoms with Gasteiger partial charge in [0, 0.05) is 25.6 Å². The minimum atomic E-state index is 0.291. The largest absolute Gasteiger partial charge is 0.338 e. The Morgan fingerprint density at radius 3 is 2.71 bits per heavy atom. The molecule has 1 saturated heterocycles. The molecule has 0 saturated carbocycles. The highest BCUT2D eigenvalue weighted by Gasteiger charge is 2.28. The summed E-state index contributed by atoms with van der Waals surface area (Å²) in [5.74, 6) is 0.596. The number of hydrogen-bond donors (Lipinski definition) is 1. The highest BCUT2D eigenvalue weighted by atomic mass is 16.2. The van der Waals surface area contributed by atoms with E-state index < -0.39 is 0 Å². The van der Waals surface area contributed by atoms with Crippen LogP contribution in [0.25, 0.3) is 0 Å². The van der Waals surface area contributed by atoms with E-state index in [0.29, 0.717) is 24.3 Å². The first-order valence-electron chi connectivity index (χ1n) is 8.18. The molecule has 2 unspecified atom stereocenters. The third kappa shape index (κ3) is 4.07. The number of likely N-dealkylation sites (tertiary alicyclic amines) is 1. The topological polar surface area (TPSA) is 32.3 Å². The van der Waals surface area contributed by atoms with E-state index >= 15 is 0 Å². The molecule has 1 fully saturated rings. The summed E-state index contributed by atoms with van der Waals surface area (Å²) >= 11 is 0. The zero-order chi connectivity index (χ0) is 15.2. The van der Waals surface area contributed by atoms with E-state index in [1.807, 2.05) is 7.05 Å². The van der Waals surface area contributed by atoms with Crippen molar-refractivity contribution in [1.29, 1.82) is 0 Å². The molecule has 2 atom stereocenters. The maximum Gasteiger partial charge on any atom is 0.223 e. The van der Waals surface area contributed by atoms with Gasteiger partial charge in [-0.2, -0.15) is 0 Å². The summed E-state index contributed by atoms with van der Waals surface area (Å²) in [6.07, 6.45) is 3.95. The molecule has 0 spiro atoms. The summed E-state index contributed by atoms with van der Waals surface area (Å²) in [6.45, 7) is 6.15. The number of carbonyl (C=O) groups excluding carboxylic acids is 1. The molecule has 0 bridgehead atoms. The maximum absolute atomic E-state index is 12.5. The lowest BCUT2D eigenvalue weighted by Gasteiger charge is -2.26. The molecular weight excluding hydrogens is 260 g/mol. The Labute approximate surface area is 128 Å². The van der Waals surface area contributed by atoms with Gasteiger partial charge in [0.15, 0.2) is 0 Å². The second kappa shape index (κ2) is 7.60. The third-order valence-corrected chi connectivity index (χ3v) is 4.58. The predicted octanol–water partition coefficient (Wildman–Crippen LogP) is 2.95. The molecule has 0 aromatic heterocycles. The van der Waals surface area contributed by atoms with Crippen LogP contribution in [-0.2, 0) is 11.2 Å². The first-order valence-corrected chi connectivity index (χ1v) is 8.18. The SMILES string of the molecule is CCc1ccc(C(C)CC(=O)N2CCCC2CNC)cc1. The van der Waals surface area contributed by atoms with Crippen LogP contribution in [0, 0.1) is 0 Å². The fourth-order valence-electron chi connectivity index (χ4n) is 3.19. The van der Waals surface area contributed by atoms with Gasteiger partial charge in [0.1, 0.15) is 0 Å². The highest BCUT2D eigenvalue weighted by Crippen LogP contribution is 2.24. The zero-order valence-electron chi connectivity index (χ0n) is 13.6. The van der Waals surface area contributed by atoms with Crippen LogP contribution >= 0.6 is 0 Å². The van der Waals surface area contributed by atoms with Crippen molar-refractivity contribution in [2.75, 3.05) is 20.1 Å². The van der Waals surface area contributed by atoms with Crippen molar-refractivity contribution in [3.63, 3.8) is 0 Å². The van der Waals surface area contributed by atoms with Gasteiger partial charge in [-0.3, -0.25) is 4.79 Å².